The molecule has 1 aliphatic heterocycles. The average molecular weight is 749 g/mol. The molecule has 0 amide bonds. The SMILES string of the molecule is O=C(OCC(CN1CCCCC1)OC(O)C(I)I)C(I)I. The first-order valence-corrected chi connectivity index (χ1v) is 11.7. The molecular weight excluding hydrogens is 730 g/mol. The number of alkyl halides is 4. The monoisotopic (exact) mass is 749 g/mol. The predicted octanol–water partition coefficient (Wildman–Crippen LogP) is 3.11. The zero-order valence-corrected chi connectivity index (χ0v) is 20.0. The Morgan fingerprint density at radius 1 is 1.14 bits per heavy atom. The molecule has 1 N–H and O–H groups in total. The quantitative estimate of drug-likeness (QED) is 0.179. The number of carbonyl (C=O) groups is 1. The van der Waals surface area contributed by atoms with E-state index in [4.69, 9.17) is 9.47 Å². The minimum Gasteiger partial charge on any atom is -0.462 e. The first-order chi connectivity index (χ1) is 9.90. The molecule has 1 heterocycles. The lowest BCUT2D eigenvalue weighted by atomic mass is 10.1. The number of aliphatic hydroxyl groups excluding tert-OH is 1. The maximum atomic E-state index is 11.6. The maximum absolute atomic E-state index is 11.6. The van der Waals surface area contributed by atoms with Gasteiger partial charge in [-0.2, -0.15) is 0 Å². The van der Waals surface area contributed by atoms with Crippen molar-refractivity contribution < 1.29 is 19.4 Å². The van der Waals surface area contributed by atoms with Gasteiger partial charge in [0.2, 0.25) is 0 Å². The fraction of sp³-hybridized carbons (Fsp3) is 0.917. The number of aliphatic hydroxyl groups is 1. The summed E-state index contributed by atoms with van der Waals surface area (Å²) in [6.45, 7) is 2.97. The van der Waals surface area contributed by atoms with Crippen molar-refractivity contribution in [3.63, 3.8) is 0 Å². The molecule has 1 aliphatic rings. The highest BCUT2D eigenvalue weighted by atomic mass is 127. The van der Waals surface area contributed by atoms with Gasteiger partial charge in [0, 0.05) is 6.54 Å². The lowest BCUT2D eigenvalue weighted by Crippen LogP contribution is -2.42. The second-order valence-electron chi connectivity index (χ2n) is 4.78. The van der Waals surface area contributed by atoms with Gasteiger partial charge < -0.3 is 19.5 Å². The number of likely N-dealkylation sites (tertiary alicyclic amines) is 1. The Labute approximate surface area is 180 Å². The van der Waals surface area contributed by atoms with Crippen LogP contribution in [0, 0.1) is 0 Å². The van der Waals surface area contributed by atoms with E-state index in [0.717, 1.165) is 13.1 Å². The lowest BCUT2D eigenvalue weighted by molar-refractivity contribution is -0.162. The first kappa shape index (κ1) is 21.3. The number of esters is 1. The minimum atomic E-state index is -0.852. The third kappa shape index (κ3) is 9.36. The highest BCUT2D eigenvalue weighted by Gasteiger charge is 2.24. The molecule has 2 atom stereocenters. The number of hydrogen-bond acceptors (Lipinski definition) is 5. The number of carbonyl (C=O) groups excluding carboxylic acids is 1. The molecule has 5 nitrogen and oxygen atoms in total. The van der Waals surface area contributed by atoms with Gasteiger partial charge in [-0.3, -0.25) is 4.79 Å². The van der Waals surface area contributed by atoms with Crippen LogP contribution in [-0.2, 0) is 14.3 Å². The first-order valence-electron chi connectivity index (χ1n) is 6.69. The van der Waals surface area contributed by atoms with Crippen molar-refractivity contribution in [2.24, 2.45) is 0 Å². The van der Waals surface area contributed by atoms with Gasteiger partial charge in [0.25, 0.3) is 0 Å². The van der Waals surface area contributed by atoms with Crippen LogP contribution in [0.25, 0.3) is 0 Å². The van der Waals surface area contributed by atoms with Crippen LogP contribution in [0.4, 0.5) is 0 Å². The number of hydrogen-bond donors (Lipinski definition) is 1. The molecular formula is C12H19I4NO4. The molecule has 0 aromatic carbocycles. The van der Waals surface area contributed by atoms with Crippen molar-refractivity contribution in [2.45, 2.75) is 35.5 Å². The summed E-state index contributed by atoms with van der Waals surface area (Å²) in [4.78, 5) is 13.9. The molecule has 0 aliphatic carbocycles. The van der Waals surface area contributed by atoms with E-state index in [1.807, 2.05) is 45.2 Å². The van der Waals surface area contributed by atoms with Crippen molar-refractivity contribution in [1.82, 2.24) is 4.90 Å². The van der Waals surface area contributed by atoms with E-state index in [1.54, 1.807) is 0 Å². The van der Waals surface area contributed by atoms with Gasteiger partial charge in [0.1, 0.15) is 14.6 Å². The van der Waals surface area contributed by atoms with E-state index in [-0.39, 0.29) is 22.5 Å². The summed E-state index contributed by atoms with van der Waals surface area (Å²) >= 11 is 8.26. The molecule has 1 saturated heterocycles. The molecule has 1 rings (SSSR count). The third-order valence-electron chi connectivity index (χ3n) is 3.05. The molecule has 0 aromatic rings. The van der Waals surface area contributed by atoms with Crippen LogP contribution >= 0.6 is 90.4 Å². The third-order valence-corrected chi connectivity index (χ3v) is 5.30. The number of halogens is 4. The topological polar surface area (TPSA) is 59.0 Å². The molecule has 0 aromatic heterocycles. The number of rotatable bonds is 8. The summed E-state index contributed by atoms with van der Waals surface area (Å²) in [6.07, 6.45) is 2.52. The predicted molar refractivity (Wildman–Crippen MR) is 116 cm³/mol. The van der Waals surface area contributed by atoms with Crippen molar-refractivity contribution in [1.29, 1.82) is 0 Å². The van der Waals surface area contributed by atoms with E-state index >= 15 is 0 Å². The highest BCUT2D eigenvalue weighted by molar-refractivity contribution is 14.2. The van der Waals surface area contributed by atoms with Gasteiger partial charge in [0.15, 0.2) is 8.22 Å². The van der Waals surface area contributed by atoms with E-state index in [0.29, 0.717) is 6.54 Å². The Hall–Kier alpha value is 2.27. The van der Waals surface area contributed by atoms with E-state index in [2.05, 4.69) is 50.1 Å². The summed E-state index contributed by atoms with van der Waals surface area (Å²) < 4.78 is 10.7. The Kier molecular flexibility index (Phi) is 11.9. The average Bonchev–Trinajstić information content (AvgIpc) is 2.45. The van der Waals surface area contributed by atoms with Gasteiger partial charge in [-0.05, 0) is 25.9 Å². The molecule has 21 heavy (non-hydrogen) atoms. The fourth-order valence-electron chi connectivity index (χ4n) is 2.06. The smallest absolute Gasteiger partial charge is 0.329 e. The normalized spacial score (nSPS) is 19.8. The van der Waals surface area contributed by atoms with E-state index in [1.165, 1.54) is 19.3 Å². The Balaban J connectivity index is 2.49. The molecule has 2 unspecified atom stereocenters. The van der Waals surface area contributed by atoms with Gasteiger partial charge in [-0.25, -0.2) is 0 Å². The number of ether oxygens (including phenoxy) is 2. The second kappa shape index (κ2) is 11.8. The molecule has 1 fully saturated rings. The molecule has 124 valence electrons. The maximum Gasteiger partial charge on any atom is 0.329 e. The van der Waals surface area contributed by atoms with Crippen LogP contribution in [0.3, 0.4) is 0 Å². The van der Waals surface area contributed by atoms with Gasteiger partial charge in [-0.1, -0.05) is 96.8 Å². The molecule has 0 saturated carbocycles. The zero-order valence-electron chi connectivity index (χ0n) is 11.4. The standard InChI is InChI=1S/C12H19I4NO4/c13-9(14)11(18)20-7-8(21-12(19)10(15)16)6-17-4-2-1-3-5-17/h8-10,12,19H,1-7H2. The van der Waals surface area contributed by atoms with Crippen molar-refractivity contribution >= 4 is 96.3 Å². The Morgan fingerprint density at radius 3 is 2.29 bits per heavy atom. The van der Waals surface area contributed by atoms with Gasteiger partial charge >= 0.3 is 5.97 Å². The second-order valence-corrected chi connectivity index (χ2v) is 14.7. The largest absolute Gasteiger partial charge is 0.462 e. The molecule has 9 heteroatoms. The Morgan fingerprint density at radius 2 is 1.76 bits per heavy atom. The minimum absolute atomic E-state index is 0.0401. The molecule has 0 spiro atoms. The number of nitrogens with zero attached hydrogens (tertiary/aromatic N) is 1. The van der Waals surface area contributed by atoms with Crippen LogP contribution in [0.5, 0.6) is 0 Å². The highest BCUT2D eigenvalue weighted by Crippen LogP contribution is 2.19. The van der Waals surface area contributed by atoms with Crippen LogP contribution in [0.15, 0.2) is 0 Å². The van der Waals surface area contributed by atoms with Crippen LogP contribution in [-0.4, -0.2) is 58.5 Å². The number of piperidine rings is 1. The lowest BCUT2D eigenvalue weighted by Gasteiger charge is -2.31. The summed E-state index contributed by atoms with van der Waals surface area (Å²) in [5.74, 6) is -0.251. The fourth-order valence-corrected chi connectivity index (χ4v) is 2.76. The Bertz CT molecular complexity index is 314. The zero-order chi connectivity index (χ0) is 15.8. The van der Waals surface area contributed by atoms with E-state index < -0.39 is 6.29 Å². The molecule has 0 bridgehead atoms. The summed E-state index contributed by atoms with van der Waals surface area (Å²) in [5, 5.41) is 9.90. The van der Waals surface area contributed by atoms with Crippen LogP contribution < -0.4 is 0 Å². The van der Waals surface area contributed by atoms with E-state index in [9.17, 15) is 9.90 Å². The van der Waals surface area contributed by atoms with Crippen LogP contribution in [0.1, 0.15) is 19.3 Å². The summed E-state index contributed by atoms with van der Waals surface area (Å²) in [7, 11) is 0. The summed E-state index contributed by atoms with van der Waals surface area (Å²) in [6, 6.07) is 0. The van der Waals surface area contributed by atoms with Crippen molar-refractivity contribution in [3.05, 3.63) is 0 Å². The van der Waals surface area contributed by atoms with Gasteiger partial charge in [-0.15, -0.1) is 0 Å². The van der Waals surface area contributed by atoms with Gasteiger partial charge in [0.05, 0.1) is 0 Å². The van der Waals surface area contributed by atoms with Crippen LogP contribution in [0.2, 0.25) is 0 Å². The van der Waals surface area contributed by atoms with Crippen molar-refractivity contribution in [3.8, 4) is 0 Å². The molecule has 0 radical (unpaired) electrons. The van der Waals surface area contributed by atoms with Crippen molar-refractivity contribution in [2.75, 3.05) is 26.2 Å². The summed E-state index contributed by atoms with van der Waals surface area (Å²) in [5.41, 5.74) is 0.